The first-order valence-electron chi connectivity index (χ1n) is 9.68. The van der Waals surface area contributed by atoms with Crippen molar-refractivity contribution < 1.29 is 9.47 Å². The van der Waals surface area contributed by atoms with Crippen LogP contribution in [-0.4, -0.2) is 19.2 Å². The van der Waals surface area contributed by atoms with Gasteiger partial charge in [-0.15, -0.1) is 11.3 Å². The Bertz CT molecular complexity index is 1160. The quantitative estimate of drug-likeness (QED) is 0.358. The van der Waals surface area contributed by atoms with Crippen molar-refractivity contribution in [3.05, 3.63) is 75.4 Å². The number of nitrogens with zero attached hydrogens (tertiary/aromatic N) is 1. The Hall–Kier alpha value is -2.60. The second-order valence-corrected chi connectivity index (χ2v) is 8.41. The van der Waals surface area contributed by atoms with Gasteiger partial charge in [-0.2, -0.15) is 0 Å². The van der Waals surface area contributed by atoms with Gasteiger partial charge in [0, 0.05) is 33.4 Å². The average molecular weight is 439 g/mol. The highest BCUT2D eigenvalue weighted by Crippen LogP contribution is 2.39. The Morgan fingerprint density at radius 2 is 1.93 bits per heavy atom. The van der Waals surface area contributed by atoms with Gasteiger partial charge in [0.1, 0.15) is 0 Å². The number of rotatable bonds is 7. The molecule has 2 aromatic heterocycles. The number of nitrogens with one attached hydrogen (secondary N) is 1. The molecular weight excluding hydrogens is 416 g/mol. The molecule has 0 spiro atoms. The van der Waals surface area contributed by atoms with E-state index >= 15 is 0 Å². The van der Waals surface area contributed by atoms with Gasteiger partial charge in [0.05, 0.1) is 25.4 Å². The SMILES string of the molecule is COc1cccc(-c2nc3cc(Cl)ccc3cc2CN[C@H](C)c2cccs2)c1OC. The zero-order chi connectivity index (χ0) is 21.1. The third-order valence-electron chi connectivity index (χ3n) is 5.09. The fourth-order valence-electron chi connectivity index (χ4n) is 3.53. The summed E-state index contributed by atoms with van der Waals surface area (Å²) in [5.74, 6) is 1.34. The predicted octanol–water partition coefficient (Wildman–Crippen LogP) is 6.48. The van der Waals surface area contributed by atoms with Crippen LogP contribution in [0.3, 0.4) is 0 Å². The van der Waals surface area contributed by atoms with Crippen LogP contribution in [0.15, 0.2) is 60.0 Å². The lowest BCUT2D eigenvalue weighted by Gasteiger charge is -2.18. The minimum absolute atomic E-state index is 0.242. The van der Waals surface area contributed by atoms with Crippen LogP contribution < -0.4 is 14.8 Å². The fourth-order valence-corrected chi connectivity index (χ4v) is 4.45. The topological polar surface area (TPSA) is 43.4 Å². The minimum atomic E-state index is 0.242. The van der Waals surface area contributed by atoms with Crippen LogP contribution in [0.25, 0.3) is 22.2 Å². The van der Waals surface area contributed by atoms with Crippen molar-refractivity contribution >= 4 is 33.8 Å². The maximum atomic E-state index is 6.23. The minimum Gasteiger partial charge on any atom is -0.493 e. The lowest BCUT2D eigenvalue weighted by molar-refractivity contribution is 0.356. The summed E-state index contributed by atoms with van der Waals surface area (Å²) < 4.78 is 11.2. The molecule has 0 aliphatic rings. The van der Waals surface area contributed by atoms with Crippen molar-refractivity contribution in [1.82, 2.24) is 10.3 Å². The van der Waals surface area contributed by atoms with E-state index in [1.807, 2.05) is 36.4 Å². The molecule has 2 aromatic carbocycles. The zero-order valence-corrected chi connectivity index (χ0v) is 18.7. The monoisotopic (exact) mass is 438 g/mol. The summed E-state index contributed by atoms with van der Waals surface area (Å²) in [5, 5.41) is 7.43. The molecule has 0 fully saturated rings. The van der Waals surface area contributed by atoms with Gasteiger partial charge in [0.15, 0.2) is 11.5 Å². The molecule has 0 aliphatic heterocycles. The van der Waals surface area contributed by atoms with Crippen LogP contribution in [0.4, 0.5) is 0 Å². The zero-order valence-electron chi connectivity index (χ0n) is 17.1. The molecule has 0 aliphatic carbocycles. The molecule has 2 heterocycles. The van der Waals surface area contributed by atoms with Crippen molar-refractivity contribution in [3.8, 4) is 22.8 Å². The fraction of sp³-hybridized carbons (Fsp3) is 0.208. The second kappa shape index (κ2) is 9.04. The van der Waals surface area contributed by atoms with Crippen molar-refractivity contribution in [2.24, 2.45) is 0 Å². The van der Waals surface area contributed by atoms with E-state index < -0.39 is 0 Å². The lowest BCUT2D eigenvalue weighted by Crippen LogP contribution is -2.18. The van der Waals surface area contributed by atoms with Gasteiger partial charge < -0.3 is 14.8 Å². The molecule has 4 nitrogen and oxygen atoms in total. The summed E-state index contributed by atoms with van der Waals surface area (Å²) in [6.07, 6.45) is 0. The molecule has 154 valence electrons. The van der Waals surface area contributed by atoms with E-state index in [0.717, 1.165) is 27.7 Å². The number of thiophene rings is 1. The van der Waals surface area contributed by atoms with E-state index in [0.29, 0.717) is 23.1 Å². The molecule has 0 saturated heterocycles. The first-order valence-corrected chi connectivity index (χ1v) is 10.9. The first-order chi connectivity index (χ1) is 14.6. The molecule has 6 heteroatoms. The molecule has 0 radical (unpaired) electrons. The number of halogens is 1. The number of para-hydroxylation sites is 1. The van der Waals surface area contributed by atoms with Gasteiger partial charge in [0.25, 0.3) is 0 Å². The third kappa shape index (κ3) is 4.15. The smallest absolute Gasteiger partial charge is 0.170 e. The van der Waals surface area contributed by atoms with E-state index in [1.165, 1.54) is 4.88 Å². The first kappa shape index (κ1) is 20.7. The van der Waals surface area contributed by atoms with Crippen LogP contribution in [0, 0.1) is 0 Å². The Kier molecular flexibility index (Phi) is 6.23. The van der Waals surface area contributed by atoms with E-state index in [9.17, 15) is 0 Å². The Morgan fingerprint density at radius 3 is 2.67 bits per heavy atom. The standard InChI is InChI=1S/C24H23ClN2O2S/c1-15(22-8-5-11-30-22)26-14-17-12-16-9-10-18(25)13-20(16)27-23(17)19-6-4-7-21(28-2)24(19)29-3/h4-13,15,26H,14H2,1-3H3/t15-/m1/s1. The van der Waals surface area contributed by atoms with Crippen molar-refractivity contribution in [1.29, 1.82) is 0 Å². The summed E-state index contributed by atoms with van der Waals surface area (Å²) in [7, 11) is 3.29. The number of hydrogen-bond donors (Lipinski definition) is 1. The maximum absolute atomic E-state index is 6.23. The van der Waals surface area contributed by atoms with Crippen LogP contribution >= 0.6 is 22.9 Å². The van der Waals surface area contributed by atoms with Gasteiger partial charge >= 0.3 is 0 Å². The molecule has 4 aromatic rings. The largest absolute Gasteiger partial charge is 0.493 e. The van der Waals surface area contributed by atoms with Crippen molar-refractivity contribution in [2.75, 3.05) is 14.2 Å². The number of methoxy groups -OCH3 is 2. The number of ether oxygens (including phenoxy) is 2. The van der Waals surface area contributed by atoms with Gasteiger partial charge in [-0.3, -0.25) is 0 Å². The molecule has 0 saturated carbocycles. The number of aromatic nitrogens is 1. The molecule has 1 atom stereocenters. The van der Waals surface area contributed by atoms with Crippen molar-refractivity contribution in [3.63, 3.8) is 0 Å². The van der Waals surface area contributed by atoms with Crippen LogP contribution in [0.1, 0.15) is 23.4 Å². The molecular formula is C24H23ClN2O2S. The summed E-state index contributed by atoms with van der Waals surface area (Å²) in [4.78, 5) is 6.28. The van der Waals surface area contributed by atoms with E-state index in [-0.39, 0.29) is 6.04 Å². The molecule has 30 heavy (non-hydrogen) atoms. The highest BCUT2D eigenvalue weighted by Gasteiger charge is 2.18. The molecule has 0 amide bonds. The normalized spacial score (nSPS) is 12.1. The second-order valence-electron chi connectivity index (χ2n) is 6.99. The highest BCUT2D eigenvalue weighted by molar-refractivity contribution is 7.10. The number of pyridine rings is 1. The predicted molar refractivity (Wildman–Crippen MR) is 125 cm³/mol. The van der Waals surface area contributed by atoms with Crippen molar-refractivity contribution in [2.45, 2.75) is 19.5 Å². The van der Waals surface area contributed by atoms with E-state index in [4.69, 9.17) is 26.1 Å². The Balaban J connectivity index is 1.81. The lowest BCUT2D eigenvalue weighted by atomic mass is 10.0. The van der Waals surface area contributed by atoms with Crippen LogP contribution in [-0.2, 0) is 6.54 Å². The number of fused-ring (bicyclic) bond motifs is 1. The van der Waals surface area contributed by atoms with Crippen LogP contribution in [0.5, 0.6) is 11.5 Å². The molecule has 4 rings (SSSR count). The summed E-state index contributed by atoms with van der Waals surface area (Å²) in [6, 6.07) is 18.3. The van der Waals surface area contributed by atoms with Gasteiger partial charge in [-0.1, -0.05) is 29.8 Å². The average Bonchev–Trinajstić information content (AvgIpc) is 3.31. The molecule has 0 bridgehead atoms. The molecule has 1 N–H and O–H groups in total. The summed E-state index contributed by atoms with van der Waals surface area (Å²) in [6.45, 7) is 2.84. The summed E-state index contributed by atoms with van der Waals surface area (Å²) >= 11 is 7.98. The number of hydrogen-bond acceptors (Lipinski definition) is 5. The maximum Gasteiger partial charge on any atom is 0.170 e. The van der Waals surface area contributed by atoms with E-state index in [2.05, 4.69) is 35.8 Å². The summed E-state index contributed by atoms with van der Waals surface area (Å²) in [5.41, 5.74) is 3.67. The van der Waals surface area contributed by atoms with Gasteiger partial charge in [-0.25, -0.2) is 4.98 Å². The Morgan fingerprint density at radius 1 is 1.07 bits per heavy atom. The van der Waals surface area contributed by atoms with Crippen LogP contribution in [0.2, 0.25) is 5.02 Å². The van der Waals surface area contributed by atoms with Gasteiger partial charge in [0.2, 0.25) is 0 Å². The number of benzene rings is 2. The van der Waals surface area contributed by atoms with E-state index in [1.54, 1.807) is 25.6 Å². The Labute approximate surface area is 185 Å². The molecule has 0 unspecified atom stereocenters. The third-order valence-corrected chi connectivity index (χ3v) is 6.38. The highest BCUT2D eigenvalue weighted by atomic mass is 35.5. The van der Waals surface area contributed by atoms with Gasteiger partial charge in [-0.05, 0) is 54.3 Å².